The van der Waals surface area contributed by atoms with Crippen LogP contribution in [-0.4, -0.2) is 75.3 Å². The summed E-state index contributed by atoms with van der Waals surface area (Å²) in [5.74, 6) is 2.61. The Balaban J connectivity index is 1.54. The molecule has 36 heavy (non-hydrogen) atoms. The average Bonchev–Trinajstić information content (AvgIpc) is 3.42. The van der Waals surface area contributed by atoms with Crippen molar-refractivity contribution in [2.75, 3.05) is 54.4 Å². The lowest BCUT2D eigenvalue weighted by atomic mass is 10.1. The first kappa shape index (κ1) is 24.0. The third-order valence-corrected chi connectivity index (χ3v) is 6.72. The fourth-order valence-corrected chi connectivity index (χ4v) is 4.80. The van der Waals surface area contributed by atoms with E-state index in [1.165, 1.54) is 10.5 Å². The average molecular weight is 491 g/mol. The lowest BCUT2D eigenvalue weighted by molar-refractivity contribution is 0.142. The van der Waals surface area contributed by atoms with Gasteiger partial charge < -0.3 is 25.1 Å². The molecule has 2 N–H and O–H groups in total. The molecular weight excluding hydrogens is 456 g/mol. The number of anilines is 3. The molecular formula is C26H34N8O2. The van der Waals surface area contributed by atoms with Crippen LogP contribution < -0.4 is 15.1 Å². The molecule has 5 rings (SSSR count). The SMILES string of the molecule is CC(C)Cc1nc2c(N3CCCC3)nc(N3CCN(C(=O)O)CC3)nc2nc1NCc1ccccc1. The highest BCUT2D eigenvalue weighted by Gasteiger charge is 2.26. The fourth-order valence-electron chi connectivity index (χ4n) is 4.80. The van der Waals surface area contributed by atoms with E-state index in [1.807, 2.05) is 18.2 Å². The monoisotopic (exact) mass is 490 g/mol. The standard InChI is InChI=1S/C26H34N8O2/c1-18(2)16-20-22(27-17-19-8-4-3-5-9-19)29-23-21(28-20)24(32-10-6-7-11-32)31-25(30-23)33-12-14-34(15-13-33)26(35)36/h3-5,8-9,18H,6-7,10-17H2,1-2H3,(H,35,36)(H,27,29,30,31). The normalized spacial score (nSPS) is 16.2. The van der Waals surface area contributed by atoms with Gasteiger partial charge >= 0.3 is 6.09 Å². The minimum absolute atomic E-state index is 0.426. The maximum atomic E-state index is 11.4. The first-order valence-electron chi connectivity index (χ1n) is 12.8. The first-order chi connectivity index (χ1) is 17.5. The molecule has 10 nitrogen and oxygen atoms in total. The van der Waals surface area contributed by atoms with Gasteiger partial charge in [-0.15, -0.1) is 0 Å². The van der Waals surface area contributed by atoms with Crippen LogP contribution in [0.25, 0.3) is 11.2 Å². The number of aromatic nitrogens is 4. The Morgan fingerprint density at radius 2 is 1.67 bits per heavy atom. The Morgan fingerprint density at radius 3 is 2.33 bits per heavy atom. The number of nitrogens with one attached hydrogen (secondary N) is 1. The molecule has 10 heteroatoms. The Labute approximate surface area is 211 Å². The summed E-state index contributed by atoms with van der Waals surface area (Å²) >= 11 is 0. The van der Waals surface area contributed by atoms with Crippen LogP contribution in [-0.2, 0) is 13.0 Å². The third kappa shape index (κ3) is 5.27. The van der Waals surface area contributed by atoms with Crippen LogP contribution in [0, 0.1) is 5.92 Å². The summed E-state index contributed by atoms with van der Waals surface area (Å²) in [5, 5.41) is 12.8. The Kier molecular flexibility index (Phi) is 7.02. The van der Waals surface area contributed by atoms with E-state index in [0.29, 0.717) is 50.2 Å². The molecule has 0 spiro atoms. The minimum atomic E-state index is -0.885. The second-order valence-electron chi connectivity index (χ2n) is 9.93. The molecule has 0 atom stereocenters. The molecule has 0 saturated carbocycles. The molecule has 2 fully saturated rings. The fraction of sp³-hybridized carbons (Fsp3) is 0.500. The number of piperazine rings is 1. The summed E-state index contributed by atoms with van der Waals surface area (Å²) < 4.78 is 0. The molecule has 2 saturated heterocycles. The number of rotatable bonds is 7. The van der Waals surface area contributed by atoms with Gasteiger partial charge in [0.25, 0.3) is 0 Å². The molecule has 190 valence electrons. The highest BCUT2D eigenvalue weighted by Crippen LogP contribution is 2.30. The summed E-state index contributed by atoms with van der Waals surface area (Å²) in [5.41, 5.74) is 3.42. The Hall–Kier alpha value is -3.69. The van der Waals surface area contributed by atoms with Crippen LogP contribution in [0.5, 0.6) is 0 Å². The Morgan fingerprint density at radius 1 is 0.944 bits per heavy atom. The predicted octanol–water partition coefficient (Wildman–Crippen LogP) is 3.63. The molecule has 1 aromatic carbocycles. The molecule has 0 unspecified atom stereocenters. The van der Waals surface area contributed by atoms with Crippen molar-refractivity contribution in [3.05, 3.63) is 41.6 Å². The molecule has 0 radical (unpaired) electrons. The van der Waals surface area contributed by atoms with Gasteiger partial charge in [-0.25, -0.2) is 14.8 Å². The van der Waals surface area contributed by atoms with E-state index in [2.05, 4.69) is 41.1 Å². The predicted molar refractivity (Wildman–Crippen MR) is 141 cm³/mol. The van der Waals surface area contributed by atoms with E-state index in [-0.39, 0.29) is 0 Å². The van der Waals surface area contributed by atoms with Gasteiger partial charge in [-0.05, 0) is 30.7 Å². The van der Waals surface area contributed by atoms with E-state index in [4.69, 9.17) is 19.9 Å². The zero-order valence-electron chi connectivity index (χ0n) is 21.0. The molecule has 2 aliphatic rings. The highest BCUT2D eigenvalue weighted by molar-refractivity contribution is 5.86. The number of carboxylic acid groups (broad SMARTS) is 1. The lowest BCUT2D eigenvalue weighted by Crippen LogP contribution is -2.49. The summed E-state index contributed by atoms with van der Waals surface area (Å²) in [4.78, 5) is 37.0. The van der Waals surface area contributed by atoms with Gasteiger partial charge in [0.2, 0.25) is 5.95 Å². The van der Waals surface area contributed by atoms with Crippen molar-refractivity contribution in [2.24, 2.45) is 5.92 Å². The maximum absolute atomic E-state index is 11.4. The van der Waals surface area contributed by atoms with Gasteiger partial charge in [0.15, 0.2) is 22.8 Å². The van der Waals surface area contributed by atoms with E-state index in [0.717, 1.165) is 55.2 Å². The van der Waals surface area contributed by atoms with Crippen molar-refractivity contribution in [3.8, 4) is 0 Å². The van der Waals surface area contributed by atoms with Crippen LogP contribution in [0.15, 0.2) is 30.3 Å². The molecule has 4 heterocycles. The van der Waals surface area contributed by atoms with Crippen LogP contribution >= 0.6 is 0 Å². The molecule has 1 amide bonds. The van der Waals surface area contributed by atoms with Gasteiger partial charge in [0.05, 0.1) is 5.69 Å². The van der Waals surface area contributed by atoms with Gasteiger partial charge in [0.1, 0.15) is 0 Å². The number of benzene rings is 1. The number of hydrogen-bond acceptors (Lipinski definition) is 8. The van der Waals surface area contributed by atoms with Crippen molar-refractivity contribution in [2.45, 2.75) is 39.7 Å². The second kappa shape index (κ2) is 10.5. The van der Waals surface area contributed by atoms with Gasteiger partial charge in [0, 0.05) is 45.8 Å². The number of hydrogen-bond donors (Lipinski definition) is 2. The van der Waals surface area contributed by atoms with Crippen molar-refractivity contribution < 1.29 is 9.90 Å². The maximum Gasteiger partial charge on any atom is 0.407 e. The summed E-state index contributed by atoms with van der Waals surface area (Å²) in [6, 6.07) is 10.3. The van der Waals surface area contributed by atoms with Crippen molar-refractivity contribution in [1.29, 1.82) is 0 Å². The third-order valence-electron chi connectivity index (χ3n) is 6.72. The topological polar surface area (TPSA) is 111 Å². The van der Waals surface area contributed by atoms with Gasteiger partial charge in [-0.1, -0.05) is 44.2 Å². The second-order valence-corrected chi connectivity index (χ2v) is 9.93. The lowest BCUT2D eigenvalue weighted by Gasteiger charge is -2.33. The molecule has 3 aromatic rings. The van der Waals surface area contributed by atoms with Crippen molar-refractivity contribution in [1.82, 2.24) is 24.8 Å². The summed E-state index contributed by atoms with van der Waals surface area (Å²) in [6.45, 7) is 8.86. The highest BCUT2D eigenvalue weighted by atomic mass is 16.4. The van der Waals surface area contributed by atoms with E-state index < -0.39 is 6.09 Å². The van der Waals surface area contributed by atoms with Crippen molar-refractivity contribution >= 4 is 34.8 Å². The molecule has 2 aromatic heterocycles. The smallest absolute Gasteiger partial charge is 0.407 e. The van der Waals surface area contributed by atoms with Crippen LogP contribution in [0.4, 0.5) is 22.4 Å². The molecule has 0 aliphatic carbocycles. The van der Waals surface area contributed by atoms with Gasteiger partial charge in [-0.3, -0.25) is 0 Å². The van der Waals surface area contributed by atoms with Crippen LogP contribution in [0.3, 0.4) is 0 Å². The van der Waals surface area contributed by atoms with Gasteiger partial charge in [-0.2, -0.15) is 9.97 Å². The first-order valence-corrected chi connectivity index (χ1v) is 12.8. The summed E-state index contributed by atoms with van der Waals surface area (Å²) in [6.07, 6.45) is 2.17. The largest absolute Gasteiger partial charge is 0.465 e. The summed E-state index contributed by atoms with van der Waals surface area (Å²) in [7, 11) is 0. The zero-order valence-corrected chi connectivity index (χ0v) is 21.0. The molecule has 2 aliphatic heterocycles. The number of fused-ring (bicyclic) bond motifs is 1. The van der Waals surface area contributed by atoms with Crippen molar-refractivity contribution in [3.63, 3.8) is 0 Å². The Bertz CT molecular complexity index is 1210. The quantitative estimate of drug-likeness (QED) is 0.513. The molecule has 0 bridgehead atoms. The zero-order chi connectivity index (χ0) is 25.1. The van der Waals surface area contributed by atoms with Crippen LogP contribution in [0.1, 0.15) is 37.9 Å². The minimum Gasteiger partial charge on any atom is -0.465 e. The van der Waals surface area contributed by atoms with E-state index >= 15 is 0 Å². The van der Waals surface area contributed by atoms with E-state index in [9.17, 15) is 9.90 Å². The number of carbonyl (C=O) groups is 1. The van der Waals surface area contributed by atoms with E-state index in [1.54, 1.807) is 0 Å². The number of nitrogens with zero attached hydrogens (tertiary/aromatic N) is 7. The van der Waals surface area contributed by atoms with Crippen LogP contribution in [0.2, 0.25) is 0 Å². The number of amides is 1.